The van der Waals surface area contributed by atoms with Gasteiger partial charge >= 0.3 is 6.03 Å². The Balaban J connectivity index is 2.70. The van der Waals surface area contributed by atoms with Crippen molar-refractivity contribution in [2.24, 2.45) is 5.92 Å². The zero-order valence-electron chi connectivity index (χ0n) is 13.4. The zero-order chi connectivity index (χ0) is 16.0. The monoisotopic (exact) mass is 320 g/mol. The number of amides is 2. The molecule has 1 rings (SSSR count). The van der Waals surface area contributed by atoms with E-state index in [0.29, 0.717) is 26.1 Å². The number of hydrogen-bond acceptors (Lipinski definition) is 4. The predicted molar refractivity (Wildman–Crippen MR) is 83.7 cm³/mol. The second-order valence-corrected chi connectivity index (χ2v) is 7.80. The number of nitrogens with one attached hydrogen (secondary N) is 2. The molecule has 1 aliphatic heterocycles. The normalized spacial score (nSPS) is 24.0. The van der Waals surface area contributed by atoms with Crippen LogP contribution in [0.25, 0.3) is 0 Å². The summed E-state index contributed by atoms with van der Waals surface area (Å²) in [5.74, 6) is 0.458. The summed E-state index contributed by atoms with van der Waals surface area (Å²) in [7, 11) is 2.33. The Labute approximate surface area is 128 Å². The molecule has 1 aliphatic rings. The minimum absolute atomic E-state index is 0.113. The van der Waals surface area contributed by atoms with Crippen LogP contribution in [0.2, 0.25) is 0 Å². The van der Waals surface area contributed by atoms with Gasteiger partial charge in [-0.25, -0.2) is 17.5 Å². The standard InChI is InChI=1S/C13H28N4O3S/c1-5-8-21(19,20)17-7-6-11(9-15-13(18)14-2)12(10-17)16(3)4/h11-12H,5-10H2,1-4H3,(H2,14,15,18)/t11-,12-/m1/s1. The van der Waals surface area contributed by atoms with Crippen molar-refractivity contribution in [3.8, 4) is 0 Å². The summed E-state index contributed by atoms with van der Waals surface area (Å²) in [4.78, 5) is 13.3. The molecule has 0 spiro atoms. The number of sulfonamides is 1. The highest BCUT2D eigenvalue weighted by Crippen LogP contribution is 2.23. The molecule has 124 valence electrons. The molecule has 2 N–H and O–H groups in total. The van der Waals surface area contributed by atoms with Gasteiger partial charge in [0.15, 0.2) is 0 Å². The van der Waals surface area contributed by atoms with Crippen LogP contribution in [-0.2, 0) is 10.0 Å². The van der Waals surface area contributed by atoms with Gasteiger partial charge in [-0.05, 0) is 32.9 Å². The van der Waals surface area contributed by atoms with E-state index >= 15 is 0 Å². The summed E-state index contributed by atoms with van der Waals surface area (Å²) < 4.78 is 26.0. The zero-order valence-corrected chi connectivity index (χ0v) is 14.2. The summed E-state index contributed by atoms with van der Waals surface area (Å²) in [5, 5.41) is 5.35. The first-order chi connectivity index (χ1) is 9.81. The van der Waals surface area contributed by atoms with Crippen molar-refractivity contribution in [2.45, 2.75) is 25.8 Å². The summed E-state index contributed by atoms with van der Waals surface area (Å²) >= 11 is 0. The Morgan fingerprint density at radius 2 is 2.05 bits per heavy atom. The number of likely N-dealkylation sites (N-methyl/N-ethyl adjacent to an activating group) is 1. The minimum Gasteiger partial charge on any atom is -0.341 e. The molecule has 8 heteroatoms. The number of carbonyl (C=O) groups is 1. The third-order valence-corrected chi connectivity index (χ3v) is 6.00. The van der Waals surface area contributed by atoms with Crippen LogP contribution in [0.3, 0.4) is 0 Å². The van der Waals surface area contributed by atoms with Crippen molar-refractivity contribution >= 4 is 16.1 Å². The molecule has 0 aromatic rings. The smallest absolute Gasteiger partial charge is 0.314 e. The molecule has 0 saturated carbocycles. The number of urea groups is 1. The summed E-state index contributed by atoms with van der Waals surface area (Å²) in [6.07, 6.45) is 1.39. The first-order valence-corrected chi connectivity index (χ1v) is 9.02. The molecule has 0 aromatic heterocycles. The molecule has 1 saturated heterocycles. The van der Waals surface area contributed by atoms with Crippen LogP contribution in [0.15, 0.2) is 0 Å². The van der Waals surface area contributed by atoms with E-state index in [1.807, 2.05) is 25.9 Å². The first kappa shape index (κ1) is 18.2. The average molecular weight is 320 g/mol. The van der Waals surface area contributed by atoms with Gasteiger partial charge in [0.2, 0.25) is 10.0 Å². The second kappa shape index (κ2) is 7.95. The van der Waals surface area contributed by atoms with E-state index in [0.717, 1.165) is 6.42 Å². The number of hydrogen-bond donors (Lipinski definition) is 2. The van der Waals surface area contributed by atoms with E-state index in [1.54, 1.807) is 11.4 Å². The molecule has 0 radical (unpaired) electrons. The van der Waals surface area contributed by atoms with Crippen LogP contribution in [0, 0.1) is 5.92 Å². The van der Waals surface area contributed by atoms with Crippen molar-refractivity contribution < 1.29 is 13.2 Å². The maximum absolute atomic E-state index is 12.2. The lowest BCUT2D eigenvalue weighted by Crippen LogP contribution is -2.55. The summed E-state index contributed by atoms with van der Waals surface area (Å²) in [6.45, 7) is 3.47. The van der Waals surface area contributed by atoms with Crippen molar-refractivity contribution in [1.82, 2.24) is 19.8 Å². The SMILES string of the molecule is CCCS(=O)(=O)N1CC[C@H](CNC(=O)NC)[C@H](N(C)C)C1. The number of carbonyl (C=O) groups excluding carboxylic acids is 1. The molecule has 0 aliphatic carbocycles. The molecular weight excluding hydrogens is 292 g/mol. The van der Waals surface area contributed by atoms with Gasteiger partial charge in [0.25, 0.3) is 0 Å². The van der Waals surface area contributed by atoms with Gasteiger partial charge in [-0.3, -0.25) is 0 Å². The van der Waals surface area contributed by atoms with Crippen molar-refractivity contribution in [1.29, 1.82) is 0 Å². The topological polar surface area (TPSA) is 81.8 Å². The lowest BCUT2D eigenvalue weighted by Gasteiger charge is -2.41. The van der Waals surface area contributed by atoms with Crippen LogP contribution in [0.4, 0.5) is 4.79 Å². The molecule has 1 fully saturated rings. The third kappa shape index (κ3) is 5.12. The van der Waals surface area contributed by atoms with E-state index in [2.05, 4.69) is 10.6 Å². The molecule has 7 nitrogen and oxygen atoms in total. The van der Waals surface area contributed by atoms with Crippen LogP contribution in [0.1, 0.15) is 19.8 Å². The van der Waals surface area contributed by atoms with Crippen molar-refractivity contribution in [2.75, 3.05) is 46.5 Å². The molecule has 0 bridgehead atoms. The van der Waals surface area contributed by atoms with Crippen LogP contribution in [0.5, 0.6) is 0 Å². The van der Waals surface area contributed by atoms with Gasteiger partial charge in [0.1, 0.15) is 0 Å². The third-order valence-electron chi connectivity index (χ3n) is 3.95. The summed E-state index contributed by atoms with van der Waals surface area (Å²) in [6, 6.07) is -0.0870. The number of piperidine rings is 1. The van der Waals surface area contributed by atoms with Crippen LogP contribution < -0.4 is 10.6 Å². The number of rotatable bonds is 6. The van der Waals surface area contributed by atoms with E-state index < -0.39 is 10.0 Å². The molecule has 0 aromatic carbocycles. The van der Waals surface area contributed by atoms with Gasteiger partial charge in [-0.2, -0.15) is 0 Å². The number of nitrogens with zero attached hydrogens (tertiary/aromatic N) is 2. The highest BCUT2D eigenvalue weighted by Gasteiger charge is 2.35. The van der Waals surface area contributed by atoms with Gasteiger partial charge in [0, 0.05) is 32.7 Å². The van der Waals surface area contributed by atoms with Gasteiger partial charge in [-0.15, -0.1) is 0 Å². The highest BCUT2D eigenvalue weighted by molar-refractivity contribution is 7.89. The Morgan fingerprint density at radius 3 is 2.57 bits per heavy atom. The van der Waals surface area contributed by atoms with Gasteiger partial charge < -0.3 is 15.5 Å². The highest BCUT2D eigenvalue weighted by atomic mass is 32.2. The fourth-order valence-corrected chi connectivity index (χ4v) is 4.26. The quantitative estimate of drug-likeness (QED) is 0.716. The Bertz CT molecular complexity index is 439. The fourth-order valence-electron chi connectivity index (χ4n) is 2.73. The minimum atomic E-state index is -3.15. The molecular formula is C13H28N4O3S. The van der Waals surface area contributed by atoms with E-state index in [4.69, 9.17) is 0 Å². The lowest BCUT2D eigenvalue weighted by molar-refractivity contribution is 0.125. The maximum atomic E-state index is 12.2. The molecule has 2 atom stereocenters. The Hall–Kier alpha value is -0.860. The van der Waals surface area contributed by atoms with Crippen molar-refractivity contribution in [3.63, 3.8) is 0 Å². The predicted octanol–water partition coefficient (Wildman–Crippen LogP) is -0.0927. The Kier molecular flexibility index (Phi) is 6.89. The summed E-state index contributed by atoms with van der Waals surface area (Å²) in [5.41, 5.74) is 0. The first-order valence-electron chi connectivity index (χ1n) is 7.41. The van der Waals surface area contributed by atoms with Crippen LogP contribution in [-0.4, -0.2) is 76.2 Å². The van der Waals surface area contributed by atoms with E-state index in [1.165, 1.54) is 0 Å². The maximum Gasteiger partial charge on any atom is 0.314 e. The molecule has 0 unspecified atom stereocenters. The molecule has 2 amide bonds. The largest absolute Gasteiger partial charge is 0.341 e. The van der Waals surface area contributed by atoms with E-state index in [-0.39, 0.29) is 23.7 Å². The van der Waals surface area contributed by atoms with Gasteiger partial charge in [-0.1, -0.05) is 6.92 Å². The lowest BCUT2D eigenvalue weighted by atomic mass is 9.92. The van der Waals surface area contributed by atoms with Crippen molar-refractivity contribution in [3.05, 3.63) is 0 Å². The average Bonchev–Trinajstić information content (AvgIpc) is 2.44. The Morgan fingerprint density at radius 1 is 1.38 bits per heavy atom. The molecule has 1 heterocycles. The second-order valence-electron chi connectivity index (χ2n) is 5.71. The van der Waals surface area contributed by atoms with E-state index in [9.17, 15) is 13.2 Å². The van der Waals surface area contributed by atoms with Crippen LogP contribution >= 0.6 is 0 Å². The molecule has 21 heavy (non-hydrogen) atoms. The fraction of sp³-hybridized carbons (Fsp3) is 0.923. The van der Waals surface area contributed by atoms with Gasteiger partial charge in [0.05, 0.1) is 5.75 Å².